The molecule has 6 heteroatoms. The van der Waals surface area contributed by atoms with E-state index in [-0.39, 0.29) is 10.6 Å². The van der Waals surface area contributed by atoms with E-state index in [1.165, 1.54) is 23.9 Å². The van der Waals surface area contributed by atoms with Gasteiger partial charge in [-0.15, -0.1) is 11.8 Å². The summed E-state index contributed by atoms with van der Waals surface area (Å²) in [7, 11) is -3.19. The van der Waals surface area contributed by atoms with Gasteiger partial charge in [0.15, 0.2) is 9.84 Å². The van der Waals surface area contributed by atoms with Crippen molar-refractivity contribution < 1.29 is 18.3 Å². The van der Waals surface area contributed by atoms with E-state index < -0.39 is 21.1 Å². The van der Waals surface area contributed by atoms with Gasteiger partial charge >= 0.3 is 5.97 Å². The zero-order valence-electron chi connectivity index (χ0n) is 10.3. The quantitative estimate of drug-likeness (QED) is 0.814. The Kier molecular flexibility index (Phi) is 5.22. The molecule has 4 nitrogen and oxygen atoms in total. The maximum Gasteiger partial charge on any atom is 0.316 e. The fourth-order valence-corrected chi connectivity index (χ4v) is 3.14. The summed E-state index contributed by atoms with van der Waals surface area (Å²) >= 11 is 1.23. The van der Waals surface area contributed by atoms with E-state index >= 15 is 0 Å². The number of aliphatic carboxylic acids is 1. The Morgan fingerprint density at radius 3 is 2.22 bits per heavy atom. The summed E-state index contributed by atoms with van der Waals surface area (Å²) < 4.78 is 23.2. The van der Waals surface area contributed by atoms with Crippen LogP contribution in [0.25, 0.3) is 0 Å². The smallest absolute Gasteiger partial charge is 0.316 e. The van der Waals surface area contributed by atoms with E-state index in [0.717, 1.165) is 4.90 Å². The van der Waals surface area contributed by atoms with Gasteiger partial charge in [-0.2, -0.15) is 0 Å². The van der Waals surface area contributed by atoms with Gasteiger partial charge in [0.2, 0.25) is 0 Å². The van der Waals surface area contributed by atoms with E-state index in [1.54, 1.807) is 19.1 Å². The first-order valence-corrected chi connectivity index (χ1v) is 8.16. The predicted octanol–water partition coefficient (Wildman–Crippen LogP) is 2.44. The lowest BCUT2D eigenvalue weighted by molar-refractivity contribution is -0.136. The Labute approximate surface area is 111 Å². The highest BCUT2D eigenvalue weighted by atomic mass is 32.2. The Balaban J connectivity index is 2.87. The minimum absolute atomic E-state index is 0.0617. The molecule has 0 radical (unpaired) electrons. The van der Waals surface area contributed by atoms with E-state index in [0.29, 0.717) is 6.42 Å². The van der Waals surface area contributed by atoms with Crippen molar-refractivity contribution in [1.29, 1.82) is 0 Å². The van der Waals surface area contributed by atoms with Gasteiger partial charge in [0.05, 0.1) is 10.6 Å². The summed E-state index contributed by atoms with van der Waals surface area (Å²) in [6.07, 6.45) is 0.523. The lowest BCUT2D eigenvalue weighted by Gasteiger charge is -2.09. The second-order valence-electron chi connectivity index (χ2n) is 3.73. The summed E-state index contributed by atoms with van der Waals surface area (Å²) in [5.41, 5.74) is 0. The number of carbonyl (C=O) groups is 1. The fraction of sp³-hybridized carbons (Fsp3) is 0.417. The SMILES string of the molecule is CCC(Sc1ccc(S(=O)(=O)CC)cc1)C(=O)O. The molecule has 0 aliphatic rings. The topological polar surface area (TPSA) is 71.4 Å². The normalized spacial score (nSPS) is 13.2. The van der Waals surface area contributed by atoms with Crippen LogP contribution in [0.2, 0.25) is 0 Å². The first-order valence-electron chi connectivity index (χ1n) is 5.63. The van der Waals surface area contributed by atoms with Gasteiger partial charge in [-0.25, -0.2) is 8.42 Å². The second-order valence-corrected chi connectivity index (χ2v) is 7.28. The lowest BCUT2D eigenvalue weighted by atomic mass is 10.3. The number of hydrogen-bond donors (Lipinski definition) is 1. The molecule has 18 heavy (non-hydrogen) atoms. The predicted molar refractivity (Wildman–Crippen MR) is 71.7 cm³/mol. The molecule has 0 aliphatic carbocycles. The average molecular weight is 288 g/mol. The lowest BCUT2D eigenvalue weighted by Crippen LogP contribution is -2.14. The van der Waals surface area contributed by atoms with Crippen LogP contribution in [0.3, 0.4) is 0 Å². The molecule has 0 saturated heterocycles. The maximum atomic E-state index is 11.6. The van der Waals surface area contributed by atoms with Crippen molar-refractivity contribution in [1.82, 2.24) is 0 Å². The van der Waals surface area contributed by atoms with Crippen molar-refractivity contribution in [2.24, 2.45) is 0 Å². The van der Waals surface area contributed by atoms with Crippen LogP contribution in [0, 0.1) is 0 Å². The molecule has 0 heterocycles. The number of carboxylic acid groups (broad SMARTS) is 1. The van der Waals surface area contributed by atoms with Gasteiger partial charge in [-0.1, -0.05) is 13.8 Å². The van der Waals surface area contributed by atoms with Crippen LogP contribution >= 0.6 is 11.8 Å². The van der Waals surface area contributed by atoms with Crippen molar-refractivity contribution in [3.8, 4) is 0 Å². The molecular formula is C12H16O4S2. The number of sulfone groups is 1. The number of hydrogen-bond acceptors (Lipinski definition) is 4. The van der Waals surface area contributed by atoms with Crippen LogP contribution in [0.5, 0.6) is 0 Å². The zero-order valence-corrected chi connectivity index (χ0v) is 11.9. The zero-order chi connectivity index (χ0) is 13.8. The van der Waals surface area contributed by atoms with Crippen molar-refractivity contribution in [3.63, 3.8) is 0 Å². The van der Waals surface area contributed by atoms with Gasteiger partial charge < -0.3 is 5.11 Å². The summed E-state index contributed by atoms with van der Waals surface area (Å²) in [5.74, 6) is -0.792. The largest absolute Gasteiger partial charge is 0.480 e. The van der Waals surface area contributed by atoms with E-state index in [2.05, 4.69) is 0 Å². The number of rotatable bonds is 6. The third-order valence-corrected chi connectivity index (χ3v) is 5.60. The molecule has 1 atom stereocenters. The minimum atomic E-state index is -3.19. The van der Waals surface area contributed by atoms with Crippen molar-refractivity contribution in [3.05, 3.63) is 24.3 Å². The molecule has 0 amide bonds. The Morgan fingerprint density at radius 2 is 1.83 bits per heavy atom. The van der Waals surface area contributed by atoms with Gasteiger partial charge in [-0.05, 0) is 30.7 Å². The molecule has 0 aromatic heterocycles. The summed E-state index contributed by atoms with van der Waals surface area (Å²) in [6.45, 7) is 3.40. The number of thioether (sulfide) groups is 1. The monoisotopic (exact) mass is 288 g/mol. The van der Waals surface area contributed by atoms with Crippen LogP contribution in [0.15, 0.2) is 34.1 Å². The molecule has 1 N–H and O–H groups in total. The fourth-order valence-electron chi connectivity index (χ4n) is 1.36. The molecule has 1 aromatic rings. The van der Waals surface area contributed by atoms with Crippen molar-refractivity contribution >= 4 is 27.6 Å². The van der Waals surface area contributed by atoms with E-state index in [9.17, 15) is 13.2 Å². The van der Waals surface area contributed by atoms with Crippen LogP contribution < -0.4 is 0 Å². The van der Waals surface area contributed by atoms with Crippen molar-refractivity contribution in [2.75, 3.05) is 5.75 Å². The third-order valence-electron chi connectivity index (χ3n) is 2.49. The summed E-state index contributed by atoms with van der Waals surface area (Å²) in [5, 5.41) is 8.44. The van der Waals surface area contributed by atoms with Crippen LogP contribution in [0.1, 0.15) is 20.3 Å². The van der Waals surface area contributed by atoms with Crippen LogP contribution in [-0.2, 0) is 14.6 Å². The molecule has 100 valence electrons. The highest BCUT2D eigenvalue weighted by molar-refractivity contribution is 8.00. The van der Waals surface area contributed by atoms with Gasteiger partial charge in [0.1, 0.15) is 5.25 Å². The number of benzene rings is 1. The molecular weight excluding hydrogens is 272 g/mol. The first kappa shape index (κ1) is 15.0. The van der Waals surface area contributed by atoms with E-state index in [4.69, 9.17) is 5.11 Å². The molecule has 0 aliphatic heterocycles. The van der Waals surface area contributed by atoms with Gasteiger partial charge in [0.25, 0.3) is 0 Å². The summed E-state index contributed by atoms with van der Waals surface area (Å²) in [6, 6.07) is 6.35. The molecule has 0 spiro atoms. The molecule has 1 aromatic carbocycles. The van der Waals surface area contributed by atoms with E-state index in [1.807, 2.05) is 6.92 Å². The highest BCUT2D eigenvalue weighted by Crippen LogP contribution is 2.26. The highest BCUT2D eigenvalue weighted by Gasteiger charge is 2.17. The Hall–Kier alpha value is -1.01. The summed E-state index contributed by atoms with van der Waals surface area (Å²) in [4.78, 5) is 11.9. The number of carboxylic acids is 1. The second kappa shape index (κ2) is 6.24. The standard InChI is InChI=1S/C12H16O4S2/c1-3-11(12(13)14)17-9-5-7-10(8-6-9)18(15,16)4-2/h5-8,11H,3-4H2,1-2H3,(H,13,14). The first-order chi connectivity index (χ1) is 8.40. The van der Waals surface area contributed by atoms with Gasteiger partial charge in [-0.3, -0.25) is 4.79 Å². The molecule has 0 bridgehead atoms. The molecule has 1 rings (SSSR count). The van der Waals surface area contributed by atoms with Crippen molar-refractivity contribution in [2.45, 2.75) is 35.3 Å². The third kappa shape index (κ3) is 3.74. The average Bonchev–Trinajstić information content (AvgIpc) is 2.36. The van der Waals surface area contributed by atoms with Crippen LogP contribution in [0.4, 0.5) is 0 Å². The van der Waals surface area contributed by atoms with Crippen LogP contribution in [-0.4, -0.2) is 30.5 Å². The maximum absolute atomic E-state index is 11.6. The Bertz CT molecular complexity index is 505. The molecule has 1 unspecified atom stereocenters. The molecule has 0 saturated carbocycles. The minimum Gasteiger partial charge on any atom is -0.480 e. The van der Waals surface area contributed by atoms with Gasteiger partial charge in [0, 0.05) is 4.90 Å². The Morgan fingerprint density at radius 1 is 1.28 bits per heavy atom. The molecule has 0 fully saturated rings.